The van der Waals surface area contributed by atoms with E-state index in [9.17, 15) is 14.4 Å². The van der Waals surface area contributed by atoms with Crippen molar-refractivity contribution in [2.75, 3.05) is 19.7 Å². The number of amides is 4. The molecule has 0 radical (unpaired) electrons. The van der Waals surface area contributed by atoms with E-state index in [4.69, 9.17) is 4.74 Å². The molecule has 6 rings (SSSR count). The smallest absolute Gasteiger partial charge is 0.325 e. The van der Waals surface area contributed by atoms with Gasteiger partial charge in [-0.05, 0) is 41.0 Å². The minimum atomic E-state index is -1.11. The van der Waals surface area contributed by atoms with E-state index in [0.717, 1.165) is 37.8 Å². The van der Waals surface area contributed by atoms with Crippen molar-refractivity contribution in [1.82, 2.24) is 24.9 Å². The number of hydrogen-bond donors (Lipinski definition) is 1. The maximum absolute atomic E-state index is 13.5. The topological polar surface area (TPSA) is 96.8 Å². The Morgan fingerprint density at radius 1 is 1.26 bits per heavy atom. The summed E-state index contributed by atoms with van der Waals surface area (Å²) in [4.78, 5) is 43.2. The molecule has 1 aromatic carbocycles. The Bertz CT molecular complexity index is 1330. The maximum Gasteiger partial charge on any atom is 0.325 e. The molecule has 1 aliphatic carbocycles. The molecule has 2 aromatic heterocycles. The molecule has 0 saturated carbocycles. The summed E-state index contributed by atoms with van der Waals surface area (Å²) in [6.07, 6.45) is 4.89. The molecule has 1 spiro atoms. The molecule has 0 unspecified atom stereocenters. The molecule has 1 fully saturated rings. The van der Waals surface area contributed by atoms with Crippen LogP contribution in [0.15, 0.2) is 42.0 Å². The number of imide groups is 1. The predicted molar refractivity (Wildman–Crippen MR) is 124 cm³/mol. The van der Waals surface area contributed by atoms with E-state index in [1.807, 2.05) is 36.8 Å². The van der Waals surface area contributed by atoms with Crippen molar-refractivity contribution < 1.29 is 19.1 Å². The molecule has 4 amide bonds. The van der Waals surface area contributed by atoms with Gasteiger partial charge in [0.15, 0.2) is 0 Å². The third-order valence-electron chi connectivity index (χ3n) is 6.85. The standard InChI is InChI=1S/C24H23N5O4S/c1-27-12-17(11-25-27)15-2-3-18-16(10-15)4-6-24(18)22(31)29(23(32)26-24)14-21(30)28-7-8-33-19-5-9-34-20(19)13-28/h2-3,5,9-12H,4,6-8,13-14H2,1H3,(H,26,32)/t24-/m1/s1. The van der Waals surface area contributed by atoms with Crippen LogP contribution in [0.2, 0.25) is 0 Å². The lowest BCUT2D eigenvalue weighted by Gasteiger charge is -2.24. The fraction of sp³-hybridized carbons (Fsp3) is 0.333. The average molecular weight is 478 g/mol. The van der Waals surface area contributed by atoms with Crippen molar-refractivity contribution in [3.05, 3.63) is 58.0 Å². The number of ether oxygens (including phenoxy) is 1. The Morgan fingerprint density at radius 3 is 2.97 bits per heavy atom. The van der Waals surface area contributed by atoms with E-state index >= 15 is 0 Å². The lowest BCUT2D eigenvalue weighted by Crippen LogP contribution is -2.45. The molecule has 1 saturated heterocycles. The van der Waals surface area contributed by atoms with E-state index in [-0.39, 0.29) is 18.4 Å². The van der Waals surface area contributed by atoms with E-state index in [2.05, 4.69) is 16.5 Å². The van der Waals surface area contributed by atoms with Crippen LogP contribution in [0.25, 0.3) is 11.1 Å². The third-order valence-corrected chi connectivity index (χ3v) is 7.74. The van der Waals surface area contributed by atoms with Crippen LogP contribution in [0.5, 0.6) is 5.75 Å². The molecular formula is C24H23N5O4S. The summed E-state index contributed by atoms with van der Waals surface area (Å²) >= 11 is 1.53. The SMILES string of the molecule is Cn1cc(-c2ccc3c(c2)CC[C@@]32NC(=O)N(CC(=O)N3CCOc4ccsc4C3)C2=O)cn1. The number of nitrogens with zero attached hydrogens (tertiary/aromatic N) is 4. The van der Waals surface area contributed by atoms with Gasteiger partial charge in [0.2, 0.25) is 5.91 Å². The van der Waals surface area contributed by atoms with Crippen LogP contribution in [0.1, 0.15) is 22.4 Å². The number of aryl methyl sites for hydroxylation is 2. The lowest BCUT2D eigenvalue weighted by atomic mass is 9.90. The highest BCUT2D eigenvalue weighted by molar-refractivity contribution is 7.10. The molecule has 34 heavy (non-hydrogen) atoms. The zero-order chi connectivity index (χ0) is 23.4. The highest BCUT2D eigenvalue weighted by atomic mass is 32.1. The second kappa shape index (κ2) is 7.69. The largest absolute Gasteiger partial charge is 0.491 e. The van der Waals surface area contributed by atoms with Crippen LogP contribution in [0, 0.1) is 0 Å². The minimum Gasteiger partial charge on any atom is -0.491 e. The fourth-order valence-electron chi connectivity index (χ4n) is 5.08. The quantitative estimate of drug-likeness (QED) is 0.584. The summed E-state index contributed by atoms with van der Waals surface area (Å²) in [5, 5.41) is 9.06. The molecule has 2 aliphatic heterocycles. The summed E-state index contributed by atoms with van der Waals surface area (Å²) < 4.78 is 7.44. The first-order chi connectivity index (χ1) is 16.4. The summed E-state index contributed by atoms with van der Waals surface area (Å²) in [5.41, 5.74) is 2.74. The van der Waals surface area contributed by atoms with Crippen LogP contribution >= 0.6 is 11.3 Å². The van der Waals surface area contributed by atoms with Gasteiger partial charge in [0, 0.05) is 18.8 Å². The molecule has 1 N–H and O–H groups in total. The number of rotatable bonds is 3. The number of fused-ring (bicyclic) bond motifs is 3. The predicted octanol–water partition coefficient (Wildman–Crippen LogP) is 2.26. The number of nitrogens with one attached hydrogen (secondary N) is 1. The summed E-state index contributed by atoms with van der Waals surface area (Å²) in [6.45, 7) is 0.929. The van der Waals surface area contributed by atoms with E-state index in [1.165, 1.54) is 11.3 Å². The van der Waals surface area contributed by atoms with Gasteiger partial charge < -0.3 is 15.0 Å². The number of benzene rings is 1. The second-order valence-corrected chi connectivity index (χ2v) is 9.87. The number of carbonyl (C=O) groups is 3. The van der Waals surface area contributed by atoms with Gasteiger partial charge in [-0.15, -0.1) is 11.3 Å². The van der Waals surface area contributed by atoms with Gasteiger partial charge in [-0.1, -0.05) is 18.2 Å². The van der Waals surface area contributed by atoms with Gasteiger partial charge in [0.05, 0.1) is 24.2 Å². The Hall–Kier alpha value is -3.66. The molecule has 3 aliphatic rings. The Labute approximate surface area is 199 Å². The van der Waals surface area contributed by atoms with Crippen molar-refractivity contribution in [3.8, 4) is 16.9 Å². The minimum absolute atomic E-state index is 0.268. The van der Waals surface area contributed by atoms with Crippen LogP contribution < -0.4 is 10.1 Å². The number of aromatic nitrogens is 2. The first-order valence-corrected chi connectivity index (χ1v) is 12.1. The molecule has 3 aromatic rings. The van der Waals surface area contributed by atoms with Gasteiger partial charge in [0.1, 0.15) is 24.4 Å². The Balaban J connectivity index is 1.22. The van der Waals surface area contributed by atoms with E-state index < -0.39 is 11.6 Å². The van der Waals surface area contributed by atoms with Crippen LogP contribution in [-0.2, 0) is 35.1 Å². The monoisotopic (exact) mass is 477 g/mol. The van der Waals surface area contributed by atoms with Gasteiger partial charge in [-0.3, -0.25) is 19.2 Å². The number of hydrogen-bond acceptors (Lipinski definition) is 6. The molecule has 1 atom stereocenters. The first kappa shape index (κ1) is 20.9. The molecule has 9 nitrogen and oxygen atoms in total. The van der Waals surface area contributed by atoms with Crippen molar-refractivity contribution in [1.29, 1.82) is 0 Å². The van der Waals surface area contributed by atoms with Crippen LogP contribution in [0.3, 0.4) is 0 Å². The van der Waals surface area contributed by atoms with Crippen LogP contribution in [0.4, 0.5) is 4.79 Å². The Kier molecular flexibility index (Phi) is 4.73. The molecule has 10 heteroatoms. The molecule has 0 bridgehead atoms. The van der Waals surface area contributed by atoms with Crippen molar-refractivity contribution in [2.45, 2.75) is 24.9 Å². The number of carbonyl (C=O) groups excluding carboxylic acids is 3. The fourth-order valence-corrected chi connectivity index (χ4v) is 5.91. The lowest BCUT2D eigenvalue weighted by molar-refractivity contribution is -0.139. The highest BCUT2D eigenvalue weighted by Gasteiger charge is 2.55. The molecular weight excluding hydrogens is 454 g/mol. The van der Waals surface area contributed by atoms with Gasteiger partial charge in [-0.25, -0.2) is 4.79 Å². The van der Waals surface area contributed by atoms with E-state index in [0.29, 0.717) is 32.5 Å². The Morgan fingerprint density at radius 2 is 2.15 bits per heavy atom. The molecule has 174 valence electrons. The number of thiophene rings is 1. The third kappa shape index (κ3) is 3.20. The maximum atomic E-state index is 13.5. The highest BCUT2D eigenvalue weighted by Crippen LogP contribution is 2.42. The van der Waals surface area contributed by atoms with Crippen molar-refractivity contribution in [2.24, 2.45) is 7.05 Å². The first-order valence-electron chi connectivity index (χ1n) is 11.2. The van der Waals surface area contributed by atoms with Gasteiger partial charge in [-0.2, -0.15) is 5.10 Å². The summed E-state index contributed by atoms with van der Waals surface area (Å²) in [7, 11) is 1.87. The normalized spacial score (nSPS) is 21.3. The van der Waals surface area contributed by atoms with Gasteiger partial charge >= 0.3 is 6.03 Å². The second-order valence-electron chi connectivity index (χ2n) is 8.87. The molecule has 4 heterocycles. The van der Waals surface area contributed by atoms with Crippen molar-refractivity contribution >= 4 is 29.2 Å². The summed E-state index contributed by atoms with van der Waals surface area (Å²) in [5.74, 6) is 0.166. The number of urea groups is 1. The zero-order valence-electron chi connectivity index (χ0n) is 18.6. The van der Waals surface area contributed by atoms with Crippen LogP contribution in [-0.4, -0.2) is 57.1 Å². The van der Waals surface area contributed by atoms with Gasteiger partial charge in [0.25, 0.3) is 5.91 Å². The average Bonchev–Trinajstić information content (AvgIpc) is 3.56. The zero-order valence-corrected chi connectivity index (χ0v) is 19.4. The summed E-state index contributed by atoms with van der Waals surface area (Å²) in [6, 6.07) is 7.30. The van der Waals surface area contributed by atoms with Crippen molar-refractivity contribution in [3.63, 3.8) is 0 Å². The van der Waals surface area contributed by atoms with E-state index in [1.54, 1.807) is 15.8 Å².